The zero-order valence-corrected chi connectivity index (χ0v) is 8.85. The molecule has 0 N–H and O–H groups in total. The van der Waals surface area contributed by atoms with Gasteiger partial charge in [-0.05, 0) is 13.8 Å². The van der Waals surface area contributed by atoms with Gasteiger partial charge in [0.25, 0.3) is 0 Å². The minimum absolute atomic E-state index is 0.306. The van der Waals surface area contributed by atoms with Crippen LogP contribution in [0.4, 0.5) is 0 Å². The van der Waals surface area contributed by atoms with Gasteiger partial charge in [-0.15, -0.1) is 0 Å². The number of hydrogen-bond acceptors (Lipinski definition) is 3. The van der Waals surface area contributed by atoms with E-state index in [1.165, 1.54) is 0 Å². The molecule has 0 aromatic rings. The van der Waals surface area contributed by atoms with Crippen LogP contribution >= 0.6 is 11.8 Å². The highest BCUT2D eigenvalue weighted by Crippen LogP contribution is 2.45. The van der Waals surface area contributed by atoms with E-state index in [9.17, 15) is 0 Å². The third-order valence-corrected chi connectivity index (χ3v) is 3.91. The van der Waals surface area contributed by atoms with E-state index in [4.69, 9.17) is 9.47 Å². The molecular weight excluding hydrogens is 172 g/mol. The Morgan fingerprint density at radius 3 is 1.83 bits per heavy atom. The second-order valence-corrected chi connectivity index (χ2v) is 5.87. The summed E-state index contributed by atoms with van der Waals surface area (Å²) in [5.74, 6) is -0.362. The number of thioether (sulfide) groups is 1. The maximum absolute atomic E-state index is 5.81. The van der Waals surface area contributed by atoms with Gasteiger partial charge in [0.05, 0.1) is 12.2 Å². The number of hydrogen-bond donors (Lipinski definition) is 0. The average Bonchev–Trinajstić information content (AvgIpc) is 2.34. The van der Waals surface area contributed by atoms with Gasteiger partial charge < -0.3 is 9.47 Å². The van der Waals surface area contributed by atoms with Gasteiger partial charge in [-0.3, -0.25) is 0 Å². The van der Waals surface area contributed by atoms with Crippen LogP contribution in [0.1, 0.15) is 27.7 Å². The van der Waals surface area contributed by atoms with Crippen molar-refractivity contribution in [1.82, 2.24) is 0 Å². The zero-order valence-electron chi connectivity index (χ0n) is 8.03. The van der Waals surface area contributed by atoms with E-state index < -0.39 is 0 Å². The van der Waals surface area contributed by atoms with Gasteiger partial charge in [0.15, 0.2) is 5.79 Å². The molecule has 0 aliphatic carbocycles. The highest BCUT2D eigenvalue weighted by atomic mass is 32.2. The van der Waals surface area contributed by atoms with Crippen molar-refractivity contribution < 1.29 is 9.47 Å². The Kier molecular flexibility index (Phi) is 1.94. The van der Waals surface area contributed by atoms with Crippen LogP contribution in [0.2, 0.25) is 0 Å². The van der Waals surface area contributed by atoms with E-state index in [1.807, 2.05) is 25.6 Å². The quantitative estimate of drug-likeness (QED) is 0.579. The van der Waals surface area contributed by atoms with Crippen molar-refractivity contribution in [2.45, 2.75) is 56.2 Å². The maximum Gasteiger partial charge on any atom is 0.163 e. The minimum Gasteiger partial charge on any atom is -0.343 e. The molecule has 2 nitrogen and oxygen atoms in total. The van der Waals surface area contributed by atoms with Gasteiger partial charge in [0.1, 0.15) is 0 Å². The standard InChI is InChI=1S/C9H16O2S/c1-5-7-8(6(2)12-5)11-9(3,4)10-7/h5-8H,1-4H3/t5-,6-,7-,8-/m1/s1. The normalized spacial score (nSPS) is 51.0. The van der Waals surface area contributed by atoms with Crippen LogP contribution in [0, 0.1) is 0 Å². The summed E-state index contributed by atoms with van der Waals surface area (Å²) in [5, 5.41) is 1.15. The molecule has 0 radical (unpaired) electrons. The smallest absolute Gasteiger partial charge is 0.163 e. The summed E-state index contributed by atoms with van der Waals surface area (Å²) < 4.78 is 11.6. The van der Waals surface area contributed by atoms with Gasteiger partial charge in [-0.1, -0.05) is 13.8 Å². The maximum atomic E-state index is 5.81. The Bertz CT molecular complexity index is 175. The van der Waals surface area contributed by atoms with Crippen LogP contribution < -0.4 is 0 Å². The molecule has 2 heterocycles. The van der Waals surface area contributed by atoms with Crippen molar-refractivity contribution in [3.8, 4) is 0 Å². The number of ether oxygens (including phenoxy) is 2. The summed E-state index contributed by atoms with van der Waals surface area (Å²) in [6.45, 7) is 8.43. The zero-order chi connectivity index (χ0) is 8.93. The molecule has 4 atom stereocenters. The topological polar surface area (TPSA) is 18.5 Å². The second kappa shape index (κ2) is 2.63. The third kappa shape index (κ3) is 1.28. The molecule has 0 spiro atoms. The molecular formula is C9H16O2S. The van der Waals surface area contributed by atoms with Crippen molar-refractivity contribution in [3.05, 3.63) is 0 Å². The van der Waals surface area contributed by atoms with E-state index in [1.54, 1.807) is 0 Å². The molecule has 70 valence electrons. The van der Waals surface area contributed by atoms with E-state index in [0.717, 1.165) is 0 Å². The van der Waals surface area contributed by atoms with Crippen LogP contribution in [-0.4, -0.2) is 28.5 Å². The van der Waals surface area contributed by atoms with E-state index >= 15 is 0 Å². The molecule has 12 heavy (non-hydrogen) atoms. The molecule has 2 rings (SSSR count). The second-order valence-electron chi connectivity index (χ2n) is 4.11. The van der Waals surface area contributed by atoms with Crippen molar-refractivity contribution in [2.24, 2.45) is 0 Å². The summed E-state index contributed by atoms with van der Waals surface area (Å²) in [5.41, 5.74) is 0. The first-order chi connectivity index (χ1) is 5.49. The predicted octanol–water partition coefficient (Wildman–Crippen LogP) is 2.03. The lowest BCUT2D eigenvalue weighted by Gasteiger charge is -2.20. The van der Waals surface area contributed by atoms with Crippen LogP contribution in [0.5, 0.6) is 0 Å². The lowest BCUT2D eigenvalue weighted by molar-refractivity contribution is -0.146. The Morgan fingerprint density at radius 2 is 1.42 bits per heavy atom. The van der Waals surface area contributed by atoms with Crippen LogP contribution in [0.15, 0.2) is 0 Å². The molecule has 0 unspecified atom stereocenters. The summed E-state index contributed by atoms with van der Waals surface area (Å²) in [6, 6.07) is 0. The molecule has 0 amide bonds. The first-order valence-corrected chi connectivity index (χ1v) is 5.45. The van der Waals surface area contributed by atoms with Gasteiger partial charge in [-0.25, -0.2) is 0 Å². The first-order valence-electron chi connectivity index (χ1n) is 4.51. The summed E-state index contributed by atoms with van der Waals surface area (Å²) in [6.07, 6.45) is 0.611. The van der Waals surface area contributed by atoms with Crippen LogP contribution in [-0.2, 0) is 9.47 Å². The molecule has 2 aliphatic heterocycles. The summed E-state index contributed by atoms with van der Waals surface area (Å²) >= 11 is 1.96. The molecule has 0 aromatic carbocycles. The van der Waals surface area contributed by atoms with Gasteiger partial charge in [0.2, 0.25) is 0 Å². The van der Waals surface area contributed by atoms with Crippen LogP contribution in [0.25, 0.3) is 0 Å². The predicted molar refractivity (Wildman–Crippen MR) is 50.3 cm³/mol. The highest BCUT2D eigenvalue weighted by Gasteiger charge is 2.51. The fourth-order valence-corrected chi connectivity index (χ4v) is 3.44. The Balaban J connectivity index is 2.15. The molecule has 3 heteroatoms. The number of fused-ring (bicyclic) bond motifs is 1. The highest BCUT2D eigenvalue weighted by molar-refractivity contribution is 8.00. The van der Waals surface area contributed by atoms with Crippen molar-refractivity contribution in [2.75, 3.05) is 0 Å². The van der Waals surface area contributed by atoms with E-state index in [-0.39, 0.29) is 5.79 Å². The molecule has 0 bridgehead atoms. The summed E-state index contributed by atoms with van der Waals surface area (Å²) in [4.78, 5) is 0. The molecule has 0 aromatic heterocycles. The Labute approximate surface area is 78.0 Å². The van der Waals surface area contributed by atoms with E-state index in [2.05, 4.69) is 13.8 Å². The Morgan fingerprint density at radius 1 is 1.00 bits per heavy atom. The minimum atomic E-state index is -0.362. The molecule has 0 saturated carbocycles. The van der Waals surface area contributed by atoms with E-state index in [0.29, 0.717) is 22.7 Å². The fraction of sp³-hybridized carbons (Fsp3) is 1.00. The molecule has 2 aliphatic rings. The van der Waals surface area contributed by atoms with Crippen molar-refractivity contribution in [3.63, 3.8) is 0 Å². The summed E-state index contributed by atoms with van der Waals surface area (Å²) in [7, 11) is 0. The molecule has 2 fully saturated rings. The lowest BCUT2D eigenvalue weighted by Crippen LogP contribution is -2.27. The Hall–Kier alpha value is 0.270. The molecule has 2 saturated heterocycles. The third-order valence-electron chi connectivity index (χ3n) is 2.52. The largest absolute Gasteiger partial charge is 0.343 e. The van der Waals surface area contributed by atoms with Gasteiger partial charge in [0, 0.05) is 10.5 Å². The van der Waals surface area contributed by atoms with Gasteiger partial charge >= 0.3 is 0 Å². The first kappa shape index (κ1) is 8.85. The number of rotatable bonds is 0. The SMILES string of the molecule is C[C@H]1S[C@H](C)[C@H]2OC(C)(C)O[C@@H]21. The van der Waals surface area contributed by atoms with Crippen LogP contribution in [0.3, 0.4) is 0 Å². The van der Waals surface area contributed by atoms with Crippen molar-refractivity contribution >= 4 is 11.8 Å². The average molecular weight is 188 g/mol. The monoisotopic (exact) mass is 188 g/mol. The van der Waals surface area contributed by atoms with Crippen molar-refractivity contribution in [1.29, 1.82) is 0 Å². The van der Waals surface area contributed by atoms with Gasteiger partial charge in [-0.2, -0.15) is 11.8 Å². The lowest BCUT2D eigenvalue weighted by atomic mass is 10.1. The fourth-order valence-electron chi connectivity index (χ4n) is 2.04.